The monoisotopic (exact) mass is 377 g/mol. The number of para-hydroxylation sites is 1. The van der Waals surface area contributed by atoms with Gasteiger partial charge in [0.2, 0.25) is 0 Å². The minimum atomic E-state index is -0.431. The second-order valence-corrected chi connectivity index (χ2v) is 6.60. The summed E-state index contributed by atoms with van der Waals surface area (Å²) in [5, 5.41) is 3.00. The molecule has 1 heterocycles. The van der Waals surface area contributed by atoms with E-state index in [4.69, 9.17) is 9.47 Å². The van der Waals surface area contributed by atoms with Crippen molar-refractivity contribution in [2.75, 3.05) is 13.2 Å². The highest BCUT2D eigenvalue weighted by atomic mass is 19.1. The van der Waals surface area contributed by atoms with Gasteiger partial charge in [0.05, 0.1) is 12.6 Å². The molecule has 0 fully saturated rings. The zero-order chi connectivity index (χ0) is 19.3. The molecular formula is C23H20FNO3. The highest BCUT2D eigenvalue weighted by Crippen LogP contribution is 2.26. The van der Waals surface area contributed by atoms with Crippen molar-refractivity contribution in [3.05, 3.63) is 95.3 Å². The molecule has 1 aliphatic heterocycles. The average molecular weight is 377 g/mol. The van der Waals surface area contributed by atoms with Gasteiger partial charge in [-0.2, -0.15) is 0 Å². The molecule has 4 nitrogen and oxygen atoms in total. The summed E-state index contributed by atoms with van der Waals surface area (Å²) in [6.45, 7) is 0.758. The van der Waals surface area contributed by atoms with Gasteiger partial charge in [-0.05, 0) is 41.5 Å². The number of carbonyl (C=O) groups excluding carboxylic acids is 1. The summed E-state index contributed by atoms with van der Waals surface area (Å²) in [6.07, 6.45) is 0.801. The molecule has 0 saturated carbocycles. The van der Waals surface area contributed by atoms with Crippen molar-refractivity contribution in [3.8, 4) is 11.5 Å². The number of benzene rings is 3. The third-order valence-corrected chi connectivity index (χ3v) is 4.70. The molecule has 1 atom stereocenters. The normalized spacial score (nSPS) is 13.3. The van der Waals surface area contributed by atoms with Gasteiger partial charge in [0.1, 0.15) is 12.4 Å². The lowest BCUT2D eigenvalue weighted by atomic mass is 10.1. The van der Waals surface area contributed by atoms with Crippen LogP contribution in [0.25, 0.3) is 0 Å². The highest BCUT2D eigenvalue weighted by molar-refractivity contribution is 5.95. The number of nitrogens with one attached hydrogen (secondary N) is 1. The summed E-state index contributed by atoms with van der Waals surface area (Å²) in [5.74, 6) is 0.353. The Hall–Kier alpha value is -3.34. The van der Waals surface area contributed by atoms with E-state index in [2.05, 4.69) is 5.32 Å². The van der Waals surface area contributed by atoms with Gasteiger partial charge in [0.15, 0.2) is 11.6 Å². The van der Waals surface area contributed by atoms with Gasteiger partial charge in [-0.25, -0.2) is 4.39 Å². The van der Waals surface area contributed by atoms with Crippen LogP contribution in [0, 0.1) is 5.82 Å². The topological polar surface area (TPSA) is 47.6 Å². The Kier molecular flexibility index (Phi) is 5.24. The third-order valence-electron chi connectivity index (χ3n) is 4.70. The van der Waals surface area contributed by atoms with Gasteiger partial charge in [-0.1, -0.05) is 42.5 Å². The first-order valence-electron chi connectivity index (χ1n) is 9.19. The van der Waals surface area contributed by atoms with E-state index in [0.29, 0.717) is 12.2 Å². The van der Waals surface area contributed by atoms with Crippen LogP contribution in [0.15, 0.2) is 72.8 Å². The predicted molar refractivity (Wildman–Crippen MR) is 104 cm³/mol. The lowest BCUT2D eigenvalue weighted by molar-refractivity contribution is 0.0920. The van der Waals surface area contributed by atoms with Gasteiger partial charge in [-0.3, -0.25) is 4.79 Å². The lowest BCUT2D eigenvalue weighted by Crippen LogP contribution is -2.32. The van der Waals surface area contributed by atoms with Crippen LogP contribution in [0.5, 0.6) is 11.5 Å². The summed E-state index contributed by atoms with van der Waals surface area (Å²) in [7, 11) is 0. The smallest absolute Gasteiger partial charge is 0.251 e. The maximum Gasteiger partial charge on any atom is 0.251 e. The molecule has 0 radical (unpaired) electrons. The van der Waals surface area contributed by atoms with E-state index < -0.39 is 11.9 Å². The third kappa shape index (κ3) is 3.98. The van der Waals surface area contributed by atoms with Gasteiger partial charge in [-0.15, -0.1) is 0 Å². The van der Waals surface area contributed by atoms with Crippen LogP contribution in [-0.2, 0) is 6.42 Å². The molecule has 3 aromatic carbocycles. The number of fused-ring (bicyclic) bond motifs is 1. The van der Waals surface area contributed by atoms with Crippen LogP contribution in [-0.4, -0.2) is 19.1 Å². The minimum Gasteiger partial charge on any atom is -0.493 e. The Morgan fingerprint density at radius 2 is 1.86 bits per heavy atom. The number of amides is 1. The number of hydrogen-bond donors (Lipinski definition) is 1. The fourth-order valence-electron chi connectivity index (χ4n) is 3.21. The quantitative estimate of drug-likeness (QED) is 0.696. The maximum atomic E-state index is 13.9. The Morgan fingerprint density at radius 3 is 2.68 bits per heavy atom. The maximum absolute atomic E-state index is 13.9. The van der Waals surface area contributed by atoms with E-state index in [0.717, 1.165) is 23.3 Å². The molecule has 1 N–H and O–H groups in total. The predicted octanol–water partition coefficient (Wildman–Crippen LogP) is 4.31. The Bertz CT molecular complexity index is 975. The highest BCUT2D eigenvalue weighted by Gasteiger charge is 2.19. The Morgan fingerprint density at radius 1 is 1.07 bits per heavy atom. The number of hydrogen-bond acceptors (Lipinski definition) is 3. The van der Waals surface area contributed by atoms with Crippen molar-refractivity contribution in [3.63, 3.8) is 0 Å². The summed E-state index contributed by atoms with van der Waals surface area (Å²) in [5.41, 5.74) is 2.49. The largest absolute Gasteiger partial charge is 0.493 e. The van der Waals surface area contributed by atoms with Crippen LogP contribution < -0.4 is 14.8 Å². The van der Waals surface area contributed by atoms with E-state index in [-0.39, 0.29) is 18.3 Å². The zero-order valence-corrected chi connectivity index (χ0v) is 15.2. The number of carbonyl (C=O) groups is 1. The zero-order valence-electron chi connectivity index (χ0n) is 15.2. The van der Waals surface area contributed by atoms with Crippen LogP contribution in [0.2, 0.25) is 0 Å². The molecule has 4 rings (SSSR count). The summed E-state index contributed by atoms with van der Waals surface area (Å²) >= 11 is 0. The number of rotatable bonds is 6. The van der Waals surface area contributed by atoms with Gasteiger partial charge >= 0.3 is 0 Å². The fourth-order valence-corrected chi connectivity index (χ4v) is 3.21. The summed E-state index contributed by atoms with van der Waals surface area (Å²) < 4.78 is 25.0. The lowest BCUT2D eigenvalue weighted by Gasteiger charge is -2.20. The van der Waals surface area contributed by atoms with E-state index in [1.54, 1.807) is 24.3 Å². The molecule has 1 aliphatic rings. The molecule has 1 amide bonds. The van der Waals surface area contributed by atoms with Crippen molar-refractivity contribution in [1.82, 2.24) is 5.32 Å². The van der Waals surface area contributed by atoms with Gasteiger partial charge < -0.3 is 14.8 Å². The first kappa shape index (κ1) is 18.0. The van der Waals surface area contributed by atoms with Crippen molar-refractivity contribution in [1.29, 1.82) is 0 Å². The van der Waals surface area contributed by atoms with Gasteiger partial charge in [0.25, 0.3) is 5.91 Å². The number of ether oxygens (including phenoxy) is 2. The molecule has 3 aromatic rings. The second-order valence-electron chi connectivity index (χ2n) is 6.60. The van der Waals surface area contributed by atoms with Crippen LogP contribution in [0.1, 0.15) is 27.5 Å². The molecule has 0 aromatic heterocycles. The standard InChI is InChI=1S/C23H20FNO3/c24-19-8-4-5-9-22(19)28-15-20(16-6-2-1-3-7-16)25-23(26)18-10-11-21-17(14-18)12-13-27-21/h1-11,14,20H,12-13,15H2,(H,25,26). The Balaban J connectivity index is 1.52. The first-order valence-corrected chi connectivity index (χ1v) is 9.19. The van der Waals surface area contributed by atoms with Crippen LogP contribution in [0.3, 0.4) is 0 Å². The van der Waals surface area contributed by atoms with Crippen molar-refractivity contribution >= 4 is 5.91 Å². The minimum absolute atomic E-state index is 0.116. The van der Waals surface area contributed by atoms with E-state index in [9.17, 15) is 9.18 Å². The van der Waals surface area contributed by atoms with E-state index >= 15 is 0 Å². The molecule has 1 unspecified atom stereocenters. The van der Waals surface area contributed by atoms with Crippen molar-refractivity contribution in [2.24, 2.45) is 0 Å². The molecule has 0 bridgehead atoms. The van der Waals surface area contributed by atoms with Crippen LogP contribution >= 0.6 is 0 Å². The SMILES string of the molecule is O=C(NC(COc1ccccc1F)c1ccccc1)c1ccc2c(c1)CCO2. The summed E-state index contributed by atoms with van der Waals surface area (Å²) in [6, 6.07) is 20.8. The van der Waals surface area contributed by atoms with Crippen molar-refractivity contribution in [2.45, 2.75) is 12.5 Å². The molecule has 0 saturated heterocycles. The van der Waals surface area contributed by atoms with E-state index in [1.165, 1.54) is 6.07 Å². The van der Waals surface area contributed by atoms with Gasteiger partial charge in [0, 0.05) is 12.0 Å². The molecule has 0 aliphatic carbocycles. The molecule has 5 heteroatoms. The molecule has 28 heavy (non-hydrogen) atoms. The summed E-state index contributed by atoms with van der Waals surface area (Å²) in [4.78, 5) is 12.8. The molecule has 0 spiro atoms. The Labute approximate surface area is 162 Å². The van der Waals surface area contributed by atoms with Crippen molar-refractivity contribution < 1.29 is 18.7 Å². The fraction of sp³-hybridized carbons (Fsp3) is 0.174. The number of halogens is 1. The molecular weight excluding hydrogens is 357 g/mol. The first-order chi connectivity index (χ1) is 13.7. The van der Waals surface area contributed by atoms with Crippen LogP contribution in [0.4, 0.5) is 4.39 Å². The average Bonchev–Trinajstić information content (AvgIpc) is 3.20. The molecule has 142 valence electrons. The van der Waals surface area contributed by atoms with E-state index in [1.807, 2.05) is 42.5 Å². The second kappa shape index (κ2) is 8.13.